The summed E-state index contributed by atoms with van der Waals surface area (Å²) in [7, 11) is 1.69. The number of rotatable bonds is 8. The van der Waals surface area contributed by atoms with Crippen LogP contribution in [0.4, 0.5) is 0 Å². The lowest BCUT2D eigenvalue weighted by molar-refractivity contribution is -0.118. The van der Waals surface area contributed by atoms with Gasteiger partial charge in [-0.15, -0.1) is 0 Å². The zero-order valence-corrected chi connectivity index (χ0v) is 11.4. The van der Waals surface area contributed by atoms with E-state index in [1.165, 1.54) is 0 Å². The monoisotopic (exact) mass is 232 g/mol. The summed E-state index contributed by atoms with van der Waals surface area (Å²) in [6, 6.07) is 0. The summed E-state index contributed by atoms with van der Waals surface area (Å²) in [6.07, 6.45) is 1.44. The fourth-order valence-corrected chi connectivity index (χ4v) is 1.98. The Balaban J connectivity index is 3.58. The van der Waals surface area contributed by atoms with E-state index in [0.29, 0.717) is 23.9 Å². The molecule has 0 spiro atoms. The van der Waals surface area contributed by atoms with Crippen molar-refractivity contribution in [2.24, 2.45) is 5.92 Å². The van der Waals surface area contributed by atoms with Gasteiger partial charge < -0.3 is 4.74 Å². The molecule has 0 aliphatic heterocycles. The van der Waals surface area contributed by atoms with E-state index >= 15 is 0 Å². The maximum atomic E-state index is 11.5. The van der Waals surface area contributed by atoms with Crippen LogP contribution in [0.25, 0.3) is 0 Å². The molecule has 0 fully saturated rings. The van der Waals surface area contributed by atoms with Gasteiger partial charge in [0.15, 0.2) is 0 Å². The van der Waals surface area contributed by atoms with Gasteiger partial charge in [-0.3, -0.25) is 4.79 Å². The number of hydrogen-bond acceptors (Lipinski definition) is 3. The summed E-state index contributed by atoms with van der Waals surface area (Å²) < 4.78 is 5.27. The highest BCUT2D eigenvalue weighted by atomic mass is 32.2. The smallest absolute Gasteiger partial charge is 0.142 e. The first-order valence-corrected chi connectivity index (χ1v) is 6.67. The van der Waals surface area contributed by atoms with Crippen LogP contribution >= 0.6 is 11.8 Å². The number of methoxy groups -OCH3 is 1. The van der Waals surface area contributed by atoms with Gasteiger partial charge in [0.1, 0.15) is 5.78 Å². The number of thioether (sulfide) groups is 1. The van der Waals surface area contributed by atoms with Crippen LogP contribution in [0, 0.1) is 5.92 Å². The molecule has 0 aliphatic carbocycles. The Hall–Kier alpha value is -0.0200. The van der Waals surface area contributed by atoms with Crippen LogP contribution in [-0.2, 0) is 9.53 Å². The summed E-state index contributed by atoms with van der Waals surface area (Å²) in [6.45, 7) is 8.38. The zero-order valence-electron chi connectivity index (χ0n) is 10.6. The quantitative estimate of drug-likeness (QED) is 0.643. The Kier molecular flexibility index (Phi) is 7.28. The number of carbonyl (C=O) groups is 1. The lowest BCUT2D eigenvalue weighted by Gasteiger charge is -2.22. The van der Waals surface area contributed by atoms with Crippen molar-refractivity contribution in [3.8, 4) is 0 Å². The van der Waals surface area contributed by atoms with Crippen LogP contribution < -0.4 is 0 Å². The van der Waals surface area contributed by atoms with Crippen LogP contribution in [0.1, 0.15) is 40.5 Å². The molecule has 0 heterocycles. The van der Waals surface area contributed by atoms with E-state index in [9.17, 15) is 4.79 Å². The fraction of sp³-hybridized carbons (Fsp3) is 0.917. The zero-order chi connectivity index (χ0) is 11.9. The molecule has 90 valence electrons. The third kappa shape index (κ3) is 8.94. The van der Waals surface area contributed by atoms with Crippen molar-refractivity contribution >= 4 is 17.5 Å². The van der Waals surface area contributed by atoms with Gasteiger partial charge in [0, 0.05) is 13.5 Å². The van der Waals surface area contributed by atoms with E-state index in [2.05, 4.69) is 13.8 Å². The molecule has 0 aromatic rings. The summed E-state index contributed by atoms with van der Waals surface area (Å²) in [4.78, 5) is 11.5. The van der Waals surface area contributed by atoms with Crippen molar-refractivity contribution in [2.75, 3.05) is 18.6 Å². The van der Waals surface area contributed by atoms with Gasteiger partial charge in [0.2, 0.25) is 0 Å². The second-order valence-electron chi connectivity index (χ2n) is 4.91. The molecule has 0 aromatic heterocycles. The predicted octanol–water partition coefficient (Wildman–Crippen LogP) is 3.15. The average Bonchev–Trinajstić information content (AvgIpc) is 2.14. The minimum absolute atomic E-state index is 0.168. The molecule has 3 heteroatoms. The van der Waals surface area contributed by atoms with Crippen LogP contribution in [0.5, 0.6) is 0 Å². The highest BCUT2D eigenvalue weighted by molar-refractivity contribution is 7.99. The van der Waals surface area contributed by atoms with Crippen molar-refractivity contribution < 1.29 is 9.53 Å². The number of ketones is 1. The molecule has 15 heavy (non-hydrogen) atoms. The molecule has 0 bridgehead atoms. The summed E-state index contributed by atoms with van der Waals surface area (Å²) in [5.74, 6) is 2.72. The minimum atomic E-state index is -0.168. The van der Waals surface area contributed by atoms with Crippen molar-refractivity contribution in [1.29, 1.82) is 0 Å². The van der Waals surface area contributed by atoms with Crippen molar-refractivity contribution in [2.45, 2.75) is 46.1 Å². The second kappa shape index (κ2) is 7.29. The molecule has 0 saturated carbocycles. The van der Waals surface area contributed by atoms with Crippen LogP contribution in [0.15, 0.2) is 0 Å². The molecule has 0 unspecified atom stereocenters. The van der Waals surface area contributed by atoms with Gasteiger partial charge in [-0.25, -0.2) is 0 Å². The Morgan fingerprint density at radius 1 is 1.40 bits per heavy atom. The number of hydrogen-bond donors (Lipinski definition) is 0. The van der Waals surface area contributed by atoms with E-state index in [-0.39, 0.29) is 5.60 Å². The lowest BCUT2D eigenvalue weighted by atomic mass is 10.0. The summed E-state index contributed by atoms with van der Waals surface area (Å²) in [5, 5.41) is 0. The van der Waals surface area contributed by atoms with Gasteiger partial charge in [0.25, 0.3) is 0 Å². The minimum Gasteiger partial charge on any atom is -0.379 e. The highest BCUT2D eigenvalue weighted by Gasteiger charge is 2.17. The molecule has 0 N–H and O–H groups in total. The maximum absolute atomic E-state index is 11.5. The van der Waals surface area contributed by atoms with E-state index in [1.54, 1.807) is 18.9 Å². The van der Waals surface area contributed by atoms with Gasteiger partial charge >= 0.3 is 0 Å². The molecule has 2 nitrogen and oxygen atoms in total. The predicted molar refractivity (Wildman–Crippen MR) is 67.5 cm³/mol. The molecule has 0 aliphatic rings. The molecule has 0 saturated heterocycles. The Morgan fingerprint density at radius 2 is 2.00 bits per heavy atom. The van der Waals surface area contributed by atoms with Crippen LogP contribution in [0.2, 0.25) is 0 Å². The fourth-order valence-electron chi connectivity index (χ4n) is 1.02. The first-order valence-electron chi connectivity index (χ1n) is 5.52. The van der Waals surface area contributed by atoms with E-state index in [0.717, 1.165) is 12.2 Å². The van der Waals surface area contributed by atoms with E-state index in [1.807, 2.05) is 13.8 Å². The number of ether oxygens (including phenoxy) is 1. The lowest BCUT2D eigenvalue weighted by Crippen LogP contribution is -2.23. The number of Topliss-reactive ketones (excluding diaryl/α,β-unsaturated/α-hetero) is 1. The Morgan fingerprint density at radius 3 is 2.47 bits per heavy atom. The van der Waals surface area contributed by atoms with Crippen molar-refractivity contribution in [3.05, 3.63) is 0 Å². The number of carbonyl (C=O) groups excluding carboxylic acids is 1. The molecule has 0 radical (unpaired) electrons. The van der Waals surface area contributed by atoms with Gasteiger partial charge in [-0.2, -0.15) is 11.8 Å². The second-order valence-corrected chi connectivity index (χ2v) is 5.94. The van der Waals surface area contributed by atoms with E-state index < -0.39 is 0 Å². The Labute approximate surface area is 98.2 Å². The molecular formula is C12H24O2S. The molecule has 0 aromatic carbocycles. The maximum Gasteiger partial charge on any atom is 0.142 e. The van der Waals surface area contributed by atoms with Gasteiger partial charge in [-0.1, -0.05) is 13.8 Å². The van der Waals surface area contributed by atoms with Crippen LogP contribution in [0.3, 0.4) is 0 Å². The van der Waals surface area contributed by atoms with Gasteiger partial charge in [0.05, 0.1) is 11.4 Å². The average molecular weight is 232 g/mol. The molecule has 0 atom stereocenters. The SMILES string of the molecule is COC(C)(C)CCC(=O)CSCC(C)C. The normalized spacial score (nSPS) is 12.1. The Bertz CT molecular complexity index is 188. The first kappa shape index (κ1) is 15.0. The topological polar surface area (TPSA) is 26.3 Å². The van der Waals surface area contributed by atoms with Gasteiger partial charge in [-0.05, 0) is 31.9 Å². The third-order valence-corrected chi connectivity index (χ3v) is 3.70. The molecule has 0 rings (SSSR count). The standard InChI is InChI=1S/C12H24O2S/c1-10(2)8-15-9-11(13)6-7-12(3,4)14-5/h10H,6-9H2,1-5H3. The molecule has 0 amide bonds. The third-order valence-electron chi connectivity index (χ3n) is 2.27. The van der Waals surface area contributed by atoms with E-state index in [4.69, 9.17) is 4.74 Å². The summed E-state index contributed by atoms with van der Waals surface area (Å²) in [5.41, 5.74) is -0.168. The van der Waals surface area contributed by atoms with Crippen molar-refractivity contribution in [1.82, 2.24) is 0 Å². The highest BCUT2D eigenvalue weighted by Crippen LogP contribution is 2.16. The summed E-state index contributed by atoms with van der Waals surface area (Å²) >= 11 is 1.74. The first-order chi connectivity index (χ1) is 6.87. The van der Waals surface area contributed by atoms with Crippen LogP contribution in [-0.4, -0.2) is 30.0 Å². The largest absolute Gasteiger partial charge is 0.379 e. The molecular weight excluding hydrogens is 208 g/mol. The van der Waals surface area contributed by atoms with Crippen molar-refractivity contribution in [3.63, 3.8) is 0 Å².